The summed E-state index contributed by atoms with van der Waals surface area (Å²) < 4.78 is 21.5. The Balaban J connectivity index is 1.72. The molecule has 2 aromatic heterocycles. The van der Waals surface area contributed by atoms with Crippen LogP contribution < -0.4 is 10.2 Å². The summed E-state index contributed by atoms with van der Waals surface area (Å²) in [5.74, 6) is 0.950. The van der Waals surface area contributed by atoms with Crippen LogP contribution in [0.25, 0.3) is 57.1 Å². The Bertz CT molecular complexity index is 1730. The lowest BCUT2D eigenvalue weighted by Gasteiger charge is -2.18. The zero-order chi connectivity index (χ0) is 27.7. The minimum absolute atomic E-state index is 0.291. The van der Waals surface area contributed by atoms with Crippen molar-refractivity contribution in [3.63, 3.8) is 0 Å². The lowest BCUT2D eigenvalue weighted by molar-refractivity contribution is 0.0964. The third kappa shape index (κ3) is 4.72. The first-order valence-corrected chi connectivity index (χ1v) is 12.4. The Morgan fingerprint density at radius 3 is 2.49 bits per heavy atom. The highest BCUT2D eigenvalue weighted by Gasteiger charge is 2.24. The maximum absolute atomic E-state index is 13.6. The molecule has 196 valence electrons. The highest BCUT2D eigenvalue weighted by molar-refractivity contribution is 6.12. The number of hydrogen-bond donors (Lipinski definition) is 1. The van der Waals surface area contributed by atoms with E-state index in [0.717, 1.165) is 22.4 Å². The highest BCUT2D eigenvalue weighted by atomic mass is 19.1. The second-order valence-corrected chi connectivity index (χ2v) is 9.16. The van der Waals surface area contributed by atoms with E-state index < -0.39 is 0 Å². The molecule has 0 bridgehead atoms. The molecule has 0 aliphatic carbocycles. The number of amides is 1. The number of aromatic nitrogens is 3. The Hall–Kier alpha value is -4.98. The van der Waals surface area contributed by atoms with Crippen molar-refractivity contribution in [2.75, 3.05) is 26.0 Å². The molecule has 3 aromatic carbocycles. The van der Waals surface area contributed by atoms with Crippen molar-refractivity contribution in [2.45, 2.75) is 6.92 Å². The number of rotatable bonds is 7. The van der Waals surface area contributed by atoms with E-state index in [1.54, 1.807) is 29.9 Å². The number of nitrogens with zero attached hydrogens (tertiary/aromatic N) is 4. The molecule has 0 spiro atoms. The third-order valence-corrected chi connectivity index (χ3v) is 6.41. The van der Waals surface area contributed by atoms with Gasteiger partial charge in [-0.15, -0.1) is 5.10 Å². The van der Waals surface area contributed by atoms with Crippen molar-refractivity contribution < 1.29 is 13.6 Å². The second kappa shape index (κ2) is 10.4. The molecule has 0 aliphatic rings. The molecule has 0 fully saturated rings. The van der Waals surface area contributed by atoms with Crippen LogP contribution in [0, 0.1) is 5.82 Å². The molecule has 39 heavy (non-hydrogen) atoms. The Morgan fingerprint density at radius 1 is 1.08 bits per heavy atom. The molecule has 0 saturated heterocycles. The molecule has 0 atom stereocenters. The number of furan rings is 1. The average molecular weight is 522 g/mol. The van der Waals surface area contributed by atoms with E-state index in [1.807, 2.05) is 74.6 Å². The monoisotopic (exact) mass is 521 g/mol. The van der Waals surface area contributed by atoms with Gasteiger partial charge in [0, 0.05) is 61.2 Å². The minimum atomic E-state index is -0.362. The van der Waals surface area contributed by atoms with E-state index in [0.29, 0.717) is 39.5 Å². The number of benzene rings is 3. The normalized spacial score (nSPS) is 11.3. The van der Waals surface area contributed by atoms with Crippen LogP contribution in [0.5, 0.6) is 0 Å². The number of nitrogens with one attached hydrogen (secondary N) is 1. The number of fused-ring (bicyclic) bond motifs is 1. The molecule has 0 unspecified atom stereocenters. The molecule has 5 aromatic rings. The summed E-state index contributed by atoms with van der Waals surface area (Å²) >= 11 is 0. The topological polar surface area (TPSA) is 76.2 Å². The van der Waals surface area contributed by atoms with Gasteiger partial charge in [-0.25, -0.2) is 14.1 Å². The first-order chi connectivity index (χ1) is 18.8. The zero-order valence-corrected chi connectivity index (χ0v) is 22.2. The van der Waals surface area contributed by atoms with Gasteiger partial charge in [0.05, 0.1) is 5.56 Å². The smallest absolute Gasteiger partial charge is 0.255 e. The summed E-state index contributed by atoms with van der Waals surface area (Å²) in [6, 6.07) is 17.7. The lowest BCUT2D eigenvalue weighted by Crippen LogP contribution is -2.18. The molecular weight excluding hydrogens is 493 g/mol. The Labute approximate surface area is 225 Å². The molecule has 7 nitrogen and oxygen atoms in total. The predicted octanol–water partition coefficient (Wildman–Crippen LogP) is 6.72. The largest absolute Gasteiger partial charge is 0.455 e. The van der Waals surface area contributed by atoms with Crippen LogP contribution in [0.4, 0.5) is 10.1 Å². The Morgan fingerprint density at radius 2 is 1.82 bits per heavy atom. The van der Waals surface area contributed by atoms with Gasteiger partial charge >= 0.3 is 0 Å². The van der Waals surface area contributed by atoms with E-state index in [-0.39, 0.29) is 11.7 Å². The van der Waals surface area contributed by atoms with Gasteiger partial charge in [0.2, 0.25) is 0 Å². The molecule has 1 N–H and O–H groups in total. The van der Waals surface area contributed by atoms with E-state index in [9.17, 15) is 9.18 Å². The molecule has 0 aliphatic heterocycles. The van der Waals surface area contributed by atoms with Crippen molar-refractivity contribution in [1.29, 1.82) is 0 Å². The first kappa shape index (κ1) is 25.7. The van der Waals surface area contributed by atoms with E-state index in [1.165, 1.54) is 12.1 Å². The van der Waals surface area contributed by atoms with Crippen molar-refractivity contribution in [3.8, 4) is 33.8 Å². The summed E-state index contributed by atoms with van der Waals surface area (Å²) in [5, 5.41) is 7.99. The van der Waals surface area contributed by atoms with Gasteiger partial charge in [-0.2, -0.15) is 0 Å². The van der Waals surface area contributed by atoms with Gasteiger partial charge < -0.3 is 14.6 Å². The van der Waals surface area contributed by atoms with Gasteiger partial charge in [0.25, 0.3) is 5.91 Å². The quantitative estimate of drug-likeness (QED) is 0.257. The molecular formula is C31H28FN5O2. The molecule has 0 radical (unpaired) electrons. The van der Waals surface area contributed by atoms with Crippen LogP contribution in [0.15, 0.2) is 77.7 Å². The maximum Gasteiger partial charge on any atom is 0.255 e. The van der Waals surface area contributed by atoms with E-state index in [2.05, 4.69) is 22.0 Å². The first-order valence-electron chi connectivity index (χ1n) is 12.4. The number of carbonyl (C=O) groups excluding carboxylic acids is 1. The number of anilines is 1. The molecule has 1 amide bonds. The minimum Gasteiger partial charge on any atom is -0.455 e. The number of carbonyl (C=O) groups is 1. The SMILES string of the molecule is C=Cc1nc(-c2cccc(-c3cc4c(C(=O)NC)c(-c5ccc(F)cc5)oc4cc3N(C)C)c2)nn1/C=C\C. The van der Waals surface area contributed by atoms with Gasteiger partial charge in [0.1, 0.15) is 17.2 Å². The highest BCUT2D eigenvalue weighted by Crippen LogP contribution is 2.41. The van der Waals surface area contributed by atoms with Crippen LogP contribution in [0.3, 0.4) is 0 Å². The standard InChI is InChI=1S/C31H28FN5O2/c1-6-15-37-27(7-2)34-30(35-37)21-10-8-9-20(16-21)23-17-24-26(18-25(23)36(4)5)39-29(28(24)31(38)33-3)19-11-13-22(32)14-12-19/h6-18H,2H2,1,3-5H3,(H,33,38)/b15-6-. The fourth-order valence-corrected chi connectivity index (χ4v) is 4.56. The second-order valence-electron chi connectivity index (χ2n) is 9.16. The summed E-state index contributed by atoms with van der Waals surface area (Å²) in [5.41, 5.74) is 5.14. The molecule has 5 rings (SSSR count). The van der Waals surface area contributed by atoms with Gasteiger partial charge in [-0.05, 0) is 55.0 Å². The summed E-state index contributed by atoms with van der Waals surface area (Å²) in [6.45, 7) is 5.76. The van der Waals surface area contributed by atoms with Crippen molar-refractivity contribution in [2.24, 2.45) is 0 Å². The van der Waals surface area contributed by atoms with Gasteiger partial charge in [-0.1, -0.05) is 30.9 Å². The molecule has 8 heteroatoms. The van der Waals surface area contributed by atoms with Crippen molar-refractivity contribution in [3.05, 3.63) is 90.5 Å². The number of hydrogen-bond acceptors (Lipinski definition) is 5. The average Bonchev–Trinajstić information content (AvgIpc) is 3.53. The van der Waals surface area contributed by atoms with Crippen molar-refractivity contribution in [1.82, 2.24) is 20.1 Å². The van der Waals surface area contributed by atoms with Crippen LogP contribution in [-0.4, -0.2) is 41.8 Å². The van der Waals surface area contributed by atoms with Gasteiger partial charge in [-0.3, -0.25) is 4.79 Å². The van der Waals surface area contributed by atoms with E-state index >= 15 is 0 Å². The summed E-state index contributed by atoms with van der Waals surface area (Å²) in [7, 11) is 5.48. The maximum atomic E-state index is 13.6. The molecule has 2 heterocycles. The fourth-order valence-electron chi connectivity index (χ4n) is 4.56. The zero-order valence-electron chi connectivity index (χ0n) is 22.2. The predicted molar refractivity (Wildman–Crippen MR) is 155 cm³/mol. The van der Waals surface area contributed by atoms with Gasteiger partial charge in [0.15, 0.2) is 11.6 Å². The van der Waals surface area contributed by atoms with E-state index in [4.69, 9.17) is 4.42 Å². The molecule has 0 saturated carbocycles. The van der Waals surface area contributed by atoms with Crippen LogP contribution in [0.2, 0.25) is 0 Å². The summed E-state index contributed by atoms with van der Waals surface area (Å²) in [4.78, 5) is 19.7. The van der Waals surface area contributed by atoms with Crippen LogP contribution in [0.1, 0.15) is 23.1 Å². The van der Waals surface area contributed by atoms with Crippen LogP contribution in [-0.2, 0) is 0 Å². The third-order valence-electron chi connectivity index (χ3n) is 6.41. The fraction of sp³-hybridized carbons (Fsp3) is 0.129. The van der Waals surface area contributed by atoms with Crippen LogP contribution >= 0.6 is 0 Å². The number of halogens is 1. The Kier molecular flexibility index (Phi) is 6.85. The van der Waals surface area contributed by atoms with Crippen molar-refractivity contribution >= 4 is 34.8 Å². The number of allylic oxidation sites excluding steroid dienone is 1. The summed E-state index contributed by atoms with van der Waals surface area (Å²) in [6.07, 6.45) is 5.37. The lowest BCUT2D eigenvalue weighted by atomic mass is 9.97.